The van der Waals surface area contributed by atoms with Crippen molar-refractivity contribution in [3.8, 4) is 0 Å². The van der Waals surface area contributed by atoms with E-state index in [0.29, 0.717) is 23.9 Å². The highest BCUT2D eigenvalue weighted by Crippen LogP contribution is 2.27. The van der Waals surface area contributed by atoms with E-state index in [1.165, 1.54) is 11.1 Å². The Kier molecular flexibility index (Phi) is 4.64. The highest BCUT2D eigenvalue weighted by atomic mass is 15.2. The van der Waals surface area contributed by atoms with E-state index in [9.17, 15) is 0 Å². The zero-order valence-corrected chi connectivity index (χ0v) is 12.8. The van der Waals surface area contributed by atoms with Crippen LogP contribution in [0.25, 0.3) is 0 Å². The normalized spacial score (nSPS) is 26.6. The molecule has 1 aliphatic heterocycles. The van der Waals surface area contributed by atoms with Gasteiger partial charge in [0, 0.05) is 25.2 Å². The number of piperidine rings is 1. The number of hydrogen-bond donors (Lipinski definition) is 1. The van der Waals surface area contributed by atoms with Gasteiger partial charge in [-0.2, -0.15) is 0 Å². The molecule has 1 aromatic rings. The molecule has 0 radical (unpaired) electrons. The SMILES string of the molecule is CC(C)c1ccc(C(C)N2CCC(N)C(C)C2)cc1. The number of hydrogen-bond acceptors (Lipinski definition) is 2. The Balaban J connectivity index is 2.05. The summed E-state index contributed by atoms with van der Waals surface area (Å²) in [4.78, 5) is 2.57. The average Bonchev–Trinajstić information content (AvgIpc) is 2.41. The van der Waals surface area contributed by atoms with E-state index < -0.39 is 0 Å². The van der Waals surface area contributed by atoms with Gasteiger partial charge in [0.15, 0.2) is 0 Å². The van der Waals surface area contributed by atoms with Gasteiger partial charge in [0.2, 0.25) is 0 Å². The van der Waals surface area contributed by atoms with Crippen LogP contribution < -0.4 is 5.73 Å². The molecule has 1 aliphatic rings. The van der Waals surface area contributed by atoms with Gasteiger partial charge >= 0.3 is 0 Å². The van der Waals surface area contributed by atoms with Gasteiger partial charge in [-0.1, -0.05) is 45.0 Å². The summed E-state index contributed by atoms with van der Waals surface area (Å²) >= 11 is 0. The molecule has 2 rings (SSSR count). The summed E-state index contributed by atoms with van der Waals surface area (Å²) in [6.07, 6.45) is 1.12. The molecule has 1 heterocycles. The Morgan fingerprint density at radius 3 is 2.21 bits per heavy atom. The predicted octanol–water partition coefficient (Wildman–Crippen LogP) is 3.54. The minimum atomic E-state index is 0.381. The summed E-state index contributed by atoms with van der Waals surface area (Å²) < 4.78 is 0. The van der Waals surface area contributed by atoms with Crippen molar-refractivity contribution in [2.24, 2.45) is 11.7 Å². The first-order valence-electron chi connectivity index (χ1n) is 7.58. The molecule has 0 aromatic heterocycles. The van der Waals surface area contributed by atoms with Gasteiger partial charge in [-0.05, 0) is 36.3 Å². The second kappa shape index (κ2) is 6.06. The lowest BCUT2D eigenvalue weighted by Crippen LogP contribution is -2.46. The summed E-state index contributed by atoms with van der Waals surface area (Å²) in [5.41, 5.74) is 8.95. The van der Waals surface area contributed by atoms with Crippen LogP contribution in [0, 0.1) is 5.92 Å². The van der Waals surface area contributed by atoms with Gasteiger partial charge in [0.05, 0.1) is 0 Å². The quantitative estimate of drug-likeness (QED) is 0.900. The molecule has 0 saturated carbocycles. The second-order valence-electron chi connectivity index (χ2n) is 6.42. The first-order chi connectivity index (χ1) is 8.99. The molecule has 2 N–H and O–H groups in total. The monoisotopic (exact) mass is 260 g/mol. The predicted molar refractivity (Wildman–Crippen MR) is 82.3 cm³/mol. The smallest absolute Gasteiger partial charge is 0.0320 e. The fourth-order valence-electron chi connectivity index (χ4n) is 2.92. The molecule has 0 amide bonds. The first kappa shape index (κ1) is 14.5. The lowest BCUT2D eigenvalue weighted by molar-refractivity contribution is 0.124. The number of likely N-dealkylation sites (tertiary alicyclic amines) is 1. The fourth-order valence-corrected chi connectivity index (χ4v) is 2.92. The van der Waals surface area contributed by atoms with Crippen molar-refractivity contribution < 1.29 is 0 Å². The molecule has 106 valence electrons. The van der Waals surface area contributed by atoms with Crippen molar-refractivity contribution in [1.29, 1.82) is 0 Å². The largest absolute Gasteiger partial charge is 0.327 e. The van der Waals surface area contributed by atoms with Crippen molar-refractivity contribution in [2.75, 3.05) is 13.1 Å². The molecule has 2 nitrogen and oxygen atoms in total. The van der Waals surface area contributed by atoms with Crippen LogP contribution >= 0.6 is 0 Å². The molecule has 0 bridgehead atoms. The summed E-state index contributed by atoms with van der Waals surface area (Å²) in [7, 11) is 0. The third-order valence-corrected chi connectivity index (χ3v) is 4.64. The van der Waals surface area contributed by atoms with Gasteiger partial charge < -0.3 is 5.73 Å². The minimum Gasteiger partial charge on any atom is -0.327 e. The number of rotatable bonds is 3. The Morgan fingerprint density at radius 2 is 1.68 bits per heavy atom. The maximum Gasteiger partial charge on any atom is 0.0320 e. The van der Waals surface area contributed by atoms with E-state index in [0.717, 1.165) is 19.5 Å². The lowest BCUT2D eigenvalue weighted by Gasteiger charge is -2.39. The molecule has 3 unspecified atom stereocenters. The third-order valence-electron chi connectivity index (χ3n) is 4.64. The Hall–Kier alpha value is -0.860. The van der Waals surface area contributed by atoms with E-state index in [1.54, 1.807) is 0 Å². The zero-order valence-electron chi connectivity index (χ0n) is 12.8. The van der Waals surface area contributed by atoms with E-state index in [1.807, 2.05) is 0 Å². The van der Waals surface area contributed by atoms with E-state index in [4.69, 9.17) is 5.73 Å². The number of nitrogens with two attached hydrogens (primary N) is 1. The summed E-state index contributed by atoms with van der Waals surface area (Å²) in [5.74, 6) is 1.21. The van der Waals surface area contributed by atoms with Crippen LogP contribution in [-0.4, -0.2) is 24.0 Å². The maximum atomic E-state index is 6.11. The van der Waals surface area contributed by atoms with Crippen LogP contribution in [0.15, 0.2) is 24.3 Å². The van der Waals surface area contributed by atoms with Crippen LogP contribution in [0.1, 0.15) is 57.2 Å². The van der Waals surface area contributed by atoms with Gasteiger partial charge in [-0.3, -0.25) is 4.90 Å². The second-order valence-corrected chi connectivity index (χ2v) is 6.42. The molecule has 2 heteroatoms. The Bertz CT molecular complexity index is 396. The Labute approximate surface area is 118 Å². The molecular weight excluding hydrogens is 232 g/mol. The zero-order chi connectivity index (χ0) is 14.0. The summed E-state index contributed by atoms with van der Waals surface area (Å²) in [6, 6.07) is 10.0. The van der Waals surface area contributed by atoms with Gasteiger partial charge in [0.1, 0.15) is 0 Å². The van der Waals surface area contributed by atoms with Crippen LogP contribution in [-0.2, 0) is 0 Å². The van der Waals surface area contributed by atoms with Gasteiger partial charge in [-0.15, -0.1) is 0 Å². The molecule has 19 heavy (non-hydrogen) atoms. The van der Waals surface area contributed by atoms with Crippen molar-refractivity contribution in [2.45, 2.75) is 52.1 Å². The van der Waals surface area contributed by atoms with Gasteiger partial charge in [0.25, 0.3) is 0 Å². The van der Waals surface area contributed by atoms with Crippen LogP contribution in [0.5, 0.6) is 0 Å². The molecule has 1 fully saturated rings. The summed E-state index contributed by atoms with van der Waals surface area (Å²) in [5, 5.41) is 0. The standard InChI is InChI=1S/C17H28N2/c1-12(2)15-5-7-16(8-6-15)14(4)19-10-9-17(18)13(3)11-19/h5-8,12-14,17H,9-11,18H2,1-4H3. The van der Waals surface area contributed by atoms with Crippen LogP contribution in [0.4, 0.5) is 0 Å². The molecule has 1 aromatic carbocycles. The molecule has 1 saturated heterocycles. The number of nitrogens with zero attached hydrogens (tertiary/aromatic N) is 1. The molecule has 3 atom stereocenters. The Morgan fingerprint density at radius 1 is 1.11 bits per heavy atom. The number of benzene rings is 1. The van der Waals surface area contributed by atoms with Crippen LogP contribution in [0.3, 0.4) is 0 Å². The van der Waals surface area contributed by atoms with Crippen molar-refractivity contribution in [3.05, 3.63) is 35.4 Å². The average molecular weight is 260 g/mol. The lowest BCUT2D eigenvalue weighted by atomic mass is 9.92. The van der Waals surface area contributed by atoms with E-state index in [2.05, 4.69) is 56.9 Å². The van der Waals surface area contributed by atoms with Crippen LogP contribution in [0.2, 0.25) is 0 Å². The van der Waals surface area contributed by atoms with E-state index >= 15 is 0 Å². The van der Waals surface area contributed by atoms with Gasteiger partial charge in [-0.25, -0.2) is 0 Å². The topological polar surface area (TPSA) is 29.3 Å². The van der Waals surface area contributed by atoms with Crippen molar-refractivity contribution >= 4 is 0 Å². The van der Waals surface area contributed by atoms with Crippen molar-refractivity contribution in [1.82, 2.24) is 4.90 Å². The third kappa shape index (κ3) is 3.37. The van der Waals surface area contributed by atoms with Crippen molar-refractivity contribution in [3.63, 3.8) is 0 Å². The minimum absolute atomic E-state index is 0.381. The molecule has 0 spiro atoms. The summed E-state index contributed by atoms with van der Waals surface area (Å²) in [6.45, 7) is 11.3. The molecule has 0 aliphatic carbocycles. The highest BCUT2D eigenvalue weighted by Gasteiger charge is 2.26. The maximum absolute atomic E-state index is 6.11. The first-order valence-corrected chi connectivity index (χ1v) is 7.58. The molecular formula is C17H28N2. The highest BCUT2D eigenvalue weighted by molar-refractivity contribution is 5.26. The van der Waals surface area contributed by atoms with E-state index in [-0.39, 0.29) is 0 Å². The fraction of sp³-hybridized carbons (Fsp3) is 0.647.